The second kappa shape index (κ2) is 5.82. The van der Waals surface area contributed by atoms with E-state index in [0.29, 0.717) is 26.2 Å². The first-order chi connectivity index (χ1) is 10.2. The molecule has 0 unspecified atom stereocenters. The van der Waals surface area contributed by atoms with Crippen molar-refractivity contribution in [2.45, 2.75) is 6.42 Å². The van der Waals surface area contributed by atoms with Gasteiger partial charge in [-0.2, -0.15) is 4.98 Å². The van der Waals surface area contributed by atoms with Crippen LogP contribution in [0.25, 0.3) is 0 Å². The maximum absolute atomic E-state index is 13.4. The number of nitrogens with zero attached hydrogens (tertiary/aromatic N) is 2. The number of ether oxygens (including phenoxy) is 2. The molecule has 1 aliphatic rings. The van der Waals surface area contributed by atoms with Gasteiger partial charge in [0.15, 0.2) is 23.1 Å². The normalized spacial score (nSPS) is 13.0. The van der Waals surface area contributed by atoms with E-state index in [1.54, 1.807) is 0 Å². The van der Waals surface area contributed by atoms with Crippen molar-refractivity contribution in [1.29, 1.82) is 0 Å². The molecule has 2 aromatic rings. The number of hydrogen-bond donors (Lipinski definition) is 2. The lowest BCUT2D eigenvalue weighted by atomic mass is 10.1. The smallest absolute Gasteiger partial charge is 0.222 e. The van der Waals surface area contributed by atoms with Crippen molar-refractivity contribution in [3.63, 3.8) is 0 Å². The number of benzene rings is 1. The Hall–Kier alpha value is -2.57. The van der Waals surface area contributed by atoms with Crippen LogP contribution < -0.4 is 20.5 Å². The molecule has 3 rings (SSSR count). The molecule has 2 heterocycles. The van der Waals surface area contributed by atoms with Gasteiger partial charge >= 0.3 is 0 Å². The molecule has 0 aliphatic carbocycles. The first kappa shape index (κ1) is 13.4. The van der Waals surface area contributed by atoms with Gasteiger partial charge in [0.2, 0.25) is 5.95 Å². The maximum Gasteiger partial charge on any atom is 0.222 e. The van der Waals surface area contributed by atoms with Crippen LogP contribution in [-0.4, -0.2) is 29.7 Å². The van der Waals surface area contributed by atoms with Crippen LogP contribution in [0, 0.1) is 5.82 Å². The molecule has 0 fully saturated rings. The summed E-state index contributed by atoms with van der Waals surface area (Å²) < 4.78 is 24.4. The number of nitrogen functional groups attached to an aromatic ring is 1. The van der Waals surface area contributed by atoms with Crippen molar-refractivity contribution in [2.24, 2.45) is 0 Å². The van der Waals surface area contributed by atoms with Crippen LogP contribution in [0.1, 0.15) is 5.56 Å². The Labute approximate surface area is 121 Å². The molecular formula is C14H15FN4O2. The summed E-state index contributed by atoms with van der Waals surface area (Å²) in [5.74, 6) is 1.13. The van der Waals surface area contributed by atoms with E-state index in [0.717, 1.165) is 23.3 Å². The maximum atomic E-state index is 13.4. The Morgan fingerprint density at radius 2 is 2.05 bits per heavy atom. The van der Waals surface area contributed by atoms with Crippen LogP contribution in [0.15, 0.2) is 24.4 Å². The quantitative estimate of drug-likeness (QED) is 0.890. The van der Waals surface area contributed by atoms with Gasteiger partial charge in [-0.3, -0.25) is 0 Å². The van der Waals surface area contributed by atoms with E-state index >= 15 is 0 Å². The SMILES string of the molecule is Nc1ncc(F)c(NCCc2ccc3c(c2)OCCO3)n1. The molecule has 1 aromatic heterocycles. The molecule has 0 spiro atoms. The van der Waals surface area contributed by atoms with Crippen LogP contribution in [0.4, 0.5) is 16.2 Å². The molecule has 0 atom stereocenters. The van der Waals surface area contributed by atoms with Gasteiger partial charge < -0.3 is 20.5 Å². The lowest BCUT2D eigenvalue weighted by molar-refractivity contribution is 0.171. The van der Waals surface area contributed by atoms with Crippen LogP contribution in [0.2, 0.25) is 0 Å². The fraction of sp³-hybridized carbons (Fsp3) is 0.286. The van der Waals surface area contributed by atoms with Crippen molar-refractivity contribution < 1.29 is 13.9 Å². The number of nitrogens with two attached hydrogens (primary N) is 1. The zero-order chi connectivity index (χ0) is 14.7. The molecule has 1 aromatic carbocycles. The second-order valence-electron chi connectivity index (χ2n) is 4.58. The molecule has 7 heteroatoms. The van der Waals surface area contributed by atoms with Crippen molar-refractivity contribution in [2.75, 3.05) is 30.8 Å². The minimum Gasteiger partial charge on any atom is -0.486 e. The molecule has 0 bridgehead atoms. The zero-order valence-electron chi connectivity index (χ0n) is 11.3. The fourth-order valence-electron chi connectivity index (χ4n) is 2.07. The first-order valence-electron chi connectivity index (χ1n) is 6.63. The third-order valence-corrected chi connectivity index (χ3v) is 3.08. The highest BCUT2D eigenvalue weighted by molar-refractivity contribution is 5.44. The molecule has 0 amide bonds. The number of anilines is 2. The van der Waals surface area contributed by atoms with Gasteiger partial charge in [-0.15, -0.1) is 0 Å². The average Bonchev–Trinajstić information content (AvgIpc) is 2.50. The molecule has 0 saturated carbocycles. The third-order valence-electron chi connectivity index (χ3n) is 3.08. The summed E-state index contributed by atoms with van der Waals surface area (Å²) in [5, 5.41) is 2.90. The van der Waals surface area contributed by atoms with E-state index in [4.69, 9.17) is 15.2 Å². The Morgan fingerprint density at radius 1 is 1.24 bits per heavy atom. The highest BCUT2D eigenvalue weighted by atomic mass is 19.1. The third kappa shape index (κ3) is 3.13. The van der Waals surface area contributed by atoms with Crippen LogP contribution in [0.5, 0.6) is 11.5 Å². The summed E-state index contributed by atoms with van der Waals surface area (Å²) in [4.78, 5) is 7.39. The summed E-state index contributed by atoms with van der Waals surface area (Å²) >= 11 is 0. The fourth-order valence-corrected chi connectivity index (χ4v) is 2.07. The lowest BCUT2D eigenvalue weighted by Gasteiger charge is -2.18. The van der Waals surface area contributed by atoms with E-state index < -0.39 is 5.82 Å². The van der Waals surface area contributed by atoms with Gasteiger partial charge in [-0.25, -0.2) is 9.37 Å². The highest BCUT2D eigenvalue weighted by Gasteiger charge is 2.11. The Balaban J connectivity index is 1.61. The zero-order valence-corrected chi connectivity index (χ0v) is 11.3. The number of aromatic nitrogens is 2. The number of halogens is 1. The summed E-state index contributed by atoms with van der Waals surface area (Å²) in [7, 11) is 0. The largest absolute Gasteiger partial charge is 0.486 e. The average molecular weight is 290 g/mol. The van der Waals surface area contributed by atoms with Gasteiger partial charge in [0.1, 0.15) is 13.2 Å². The molecule has 1 aliphatic heterocycles. The minimum atomic E-state index is -0.522. The molecule has 0 radical (unpaired) electrons. The highest BCUT2D eigenvalue weighted by Crippen LogP contribution is 2.30. The van der Waals surface area contributed by atoms with Gasteiger partial charge in [0.25, 0.3) is 0 Å². The van der Waals surface area contributed by atoms with Gasteiger partial charge in [-0.05, 0) is 24.1 Å². The molecular weight excluding hydrogens is 275 g/mol. The number of rotatable bonds is 4. The monoisotopic (exact) mass is 290 g/mol. The predicted octanol–water partition coefficient (Wildman–Crippen LogP) is 1.62. The van der Waals surface area contributed by atoms with Crippen LogP contribution in [0.3, 0.4) is 0 Å². The van der Waals surface area contributed by atoms with Crippen molar-refractivity contribution >= 4 is 11.8 Å². The number of hydrogen-bond acceptors (Lipinski definition) is 6. The first-order valence-corrected chi connectivity index (χ1v) is 6.63. The van der Waals surface area contributed by atoms with E-state index in [9.17, 15) is 4.39 Å². The predicted molar refractivity (Wildman–Crippen MR) is 76.0 cm³/mol. The number of nitrogens with one attached hydrogen (secondary N) is 1. The van der Waals surface area contributed by atoms with Gasteiger partial charge in [-0.1, -0.05) is 6.07 Å². The Bertz CT molecular complexity index is 651. The standard InChI is InChI=1S/C14H15FN4O2/c15-10-8-18-14(16)19-13(10)17-4-3-9-1-2-11-12(7-9)21-6-5-20-11/h1-2,7-8H,3-6H2,(H3,16,17,18,19). The summed E-state index contributed by atoms with van der Waals surface area (Å²) in [6, 6.07) is 5.77. The molecule has 3 N–H and O–H groups in total. The van der Waals surface area contributed by atoms with Crippen molar-refractivity contribution in [3.8, 4) is 11.5 Å². The van der Waals surface area contributed by atoms with Crippen molar-refractivity contribution in [1.82, 2.24) is 9.97 Å². The Kier molecular flexibility index (Phi) is 3.72. The van der Waals surface area contributed by atoms with Crippen LogP contribution >= 0.6 is 0 Å². The second-order valence-corrected chi connectivity index (χ2v) is 4.58. The van der Waals surface area contributed by atoms with E-state index in [-0.39, 0.29) is 11.8 Å². The van der Waals surface area contributed by atoms with E-state index in [2.05, 4.69) is 15.3 Å². The van der Waals surface area contributed by atoms with Crippen LogP contribution in [-0.2, 0) is 6.42 Å². The van der Waals surface area contributed by atoms with E-state index in [1.807, 2.05) is 18.2 Å². The minimum absolute atomic E-state index is 0.0400. The molecule has 0 saturated heterocycles. The number of fused-ring (bicyclic) bond motifs is 1. The van der Waals surface area contributed by atoms with Gasteiger partial charge in [0.05, 0.1) is 6.20 Å². The molecule has 110 valence electrons. The summed E-state index contributed by atoms with van der Waals surface area (Å²) in [6.07, 6.45) is 1.74. The lowest BCUT2D eigenvalue weighted by Crippen LogP contribution is -2.15. The molecule has 21 heavy (non-hydrogen) atoms. The van der Waals surface area contributed by atoms with Gasteiger partial charge in [0, 0.05) is 6.54 Å². The Morgan fingerprint density at radius 3 is 2.90 bits per heavy atom. The van der Waals surface area contributed by atoms with E-state index in [1.165, 1.54) is 0 Å². The molecule has 6 nitrogen and oxygen atoms in total. The topological polar surface area (TPSA) is 82.3 Å². The summed E-state index contributed by atoms with van der Waals surface area (Å²) in [6.45, 7) is 1.65. The van der Waals surface area contributed by atoms with Crippen molar-refractivity contribution in [3.05, 3.63) is 35.8 Å². The summed E-state index contributed by atoms with van der Waals surface area (Å²) in [5.41, 5.74) is 6.49.